The molecule has 0 aliphatic heterocycles. The highest BCUT2D eigenvalue weighted by molar-refractivity contribution is 5.90. The molecule has 1 heterocycles. The van der Waals surface area contributed by atoms with Crippen molar-refractivity contribution in [1.29, 1.82) is 5.26 Å². The summed E-state index contributed by atoms with van der Waals surface area (Å²) in [6, 6.07) is 7.92. The average molecular weight is 270 g/mol. The van der Waals surface area contributed by atoms with E-state index in [4.69, 9.17) is 19.8 Å². The molecule has 0 aliphatic carbocycles. The molecule has 0 bridgehead atoms. The molecule has 1 N–H and O–H groups in total. The second-order valence-corrected chi connectivity index (χ2v) is 3.76. The van der Waals surface area contributed by atoms with Crippen molar-refractivity contribution in [2.45, 2.75) is 0 Å². The minimum absolute atomic E-state index is 0.00795. The number of pyridine rings is 1. The van der Waals surface area contributed by atoms with Gasteiger partial charge in [0.25, 0.3) is 0 Å². The van der Waals surface area contributed by atoms with E-state index in [1.54, 1.807) is 6.07 Å². The molecule has 0 unspecified atom stereocenters. The first-order chi connectivity index (χ1) is 9.65. The molecule has 6 nitrogen and oxygen atoms in total. The molecule has 1 aromatic carbocycles. The number of carboxylic acids is 1. The SMILES string of the molecule is COc1cc(C#N)ccc1Oc1cnccc1C(=O)O. The van der Waals surface area contributed by atoms with Crippen molar-refractivity contribution in [3.8, 4) is 23.3 Å². The van der Waals surface area contributed by atoms with Crippen LogP contribution in [0.2, 0.25) is 0 Å². The summed E-state index contributed by atoms with van der Waals surface area (Å²) in [6.07, 6.45) is 2.67. The number of ether oxygens (including phenoxy) is 2. The average Bonchev–Trinajstić information content (AvgIpc) is 2.48. The normalized spacial score (nSPS) is 9.60. The minimum atomic E-state index is -1.12. The number of benzene rings is 1. The van der Waals surface area contributed by atoms with E-state index in [2.05, 4.69) is 4.98 Å². The number of hydrogen-bond donors (Lipinski definition) is 1. The van der Waals surface area contributed by atoms with Crippen LogP contribution in [0.5, 0.6) is 17.2 Å². The maximum atomic E-state index is 11.1. The number of hydrogen-bond acceptors (Lipinski definition) is 5. The van der Waals surface area contributed by atoms with Crippen LogP contribution in [0.3, 0.4) is 0 Å². The highest BCUT2D eigenvalue weighted by Crippen LogP contribution is 2.33. The lowest BCUT2D eigenvalue weighted by atomic mass is 10.2. The zero-order valence-electron chi connectivity index (χ0n) is 10.5. The molecule has 0 amide bonds. The summed E-state index contributed by atoms with van der Waals surface area (Å²) in [6.45, 7) is 0. The van der Waals surface area contributed by atoms with Gasteiger partial charge in [-0.25, -0.2) is 4.79 Å². The lowest BCUT2D eigenvalue weighted by Gasteiger charge is -2.11. The van der Waals surface area contributed by atoms with E-state index in [1.807, 2.05) is 6.07 Å². The highest BCUT2D eigenvalue weighted by Gasteiger charge is 2.14. The van der Waals surface area contributed by atoms with Crippen molar-refractivity contribution in [2.24, 2.45) is 0 Å². The number of nitrogens with zero attached hydrogens (tertiary/aromatic N) is 2. The van der Waals surface area contributed by atoms with Crippen molar-refractivity contribution in [1.82, 2.24) is 4.98 Å². The topological polar surface area (TPSA) is 92.4 Å². The van der Waals surface area contributed by atoms with Gasteiger partial charge in [0.05, 0.1) is 24.9 Å². The monoisotopic (exact) mass is 270 g/mol. The molecule has 0 fully saturated rings. The maximum Gasteiger partial charge on any atom is 0.339 e. The molecular weight excluding hydrogens is 260 g/mol. The largest absolute Gasteiger partial charge is 0.493 e. The Morgan fingerprint density at radius 2 is 2.10 bits per heavy atom. The first-order valence-electron chi connectivity index (χ1n) is 5.59. The fourth-order valence-corrected chi connectivity index (χ4v) is 1.58. The van der Waals surface area contributed by atoms with E-state index >= 15 is 0 Å². The Kier molecular flexibility index (Phi) is 3.82. The van der Waals surface area contributed by atoms with Crippen LogP contribution < -0.4 is 9.47 Å². The minimum Gasteiger partial charge on any atom is -0.493 e. The summed E-state index contributed by atoms with van der Waals surface area (Å²) in [7, 11) is 1.44. The zero-order valence-corrected chi connectivity index (χ0v) is 10.5. The third kappa shape index (κ3) is 2.67. The second kappa shape index (κ2) is 5.71. The van der Waals surface area contributed by atoms with Crippen LogP contribution in [0.4, 0.5) is 0 Å². The Labute approximate surface area is 114 Å². The predicted octanol–water partition coefficient (Wildman–Crippen LogP) is 2.45. The van der Waals surface area contributed by atoms with Crippen molar-refractivity contribution in [3.63, 3.8) is 0 Å². The van der Waals surface area contributed by atoms with Gasteiger partial charge in [0.2, 0.25) is 0 Å². The van der Waals surface area contributed by atoms with Crippen LogP contribution in [-0.2, 0) is 0 Å². The third-order valence-electron chi connectivity index (χ3n) is 2.53. The number of carboxylic acid groups (broad SMARTS) is 1. The van der Waals surface area contributed by atoms with Crippen LogP contribution in [0.25, 0.3) is 0 Å². The number of aromatic nitrogens is 1. The summed E-state index contributed by atoms with van der Waals surface area (Å²) in [4.78, 5) is 14.9. The molecule has 0 spiro atoms. The second-order valence-electron chi connectivity index (χ2n) is 3.76. The fourth-order valence-electron chi connectivity index (χ4n) is 1.58. The Morgan fingerprint density at radius 1 is 1.30 bits per heavy atom. The predicted molar refractivity (Wildman–Crippen MR) is 69.0 cm³/mol. The van der Waals surface area contributed by atoms with Crippen molar-refractivity contribution < 1.29 is 19.4 Å². The highest BCUT2D eigenvalue weighted by atomic mass is 16.5. The lowest BCUT2D eigenvalue weighted by molar-refractivity contribution is 0.0694. The van der Waals surface area contributed by atoms with Gasteiger partial charge < -0.3 is 14.6 Å². The molecule has 0 aliphatic rings. The van der Waals surface area contributed by atoms with Gasteiger partial charge in [0.15, 0.2) is 17.2 Å². The number of rotatable bonds is 4. The van der Waals surface area contributed by atoms with Crippen LogP contribution in [0.15, 0.2) is 36.7 Å². The van der Waals surface area contributed by atoms with Gasteiger partial charge in [-0.05, 0) is 18.2 Å². The summed E-state index contributed by atoms with van der Waals surface area (Å²) in [5.41, 5.74) is 0.408. The van der Waals surface area contributed by atoms with Crippen LogP contribution in [-0.4, -0.2) is 23.2 Å². The number of methoxy groups -OCH3 is 1. The standard InChI is InChI=1S/C14H10N2O4/c1-19-12-6-9(7-15)2-3-11(12)20-13-8-16-5-4-10(13)14(17)18/h2-6,8H,1H3,(H,17,18). The molecule has 0 radical (unpaired) electrons. The Morgan fingerprint density at radius 3 is 2.75 bits per heavy atom. The smallest absolute Gasteiger partial charge is 0.339 e. The number of carbonyl (C=O) groups is 1. The van der Waals surface area contributed by atoms with E-state index in [-0.39, 0.29) is 11.3 Å². The van der Waals surface area contributed by atoms with Crippen molar-refractivity contribution in [2.75, 3.05) is 7.11 Å². The van der Waals surface area contributed by atoms with E-state index in [9.17, 15) is 4.79 Å². The molecule has 6 heteroatoms. The summed E-state index contributed by atoms with van der Waals surface area (Å²) in [5, 5.41) is 17.9. The summed E-state index contributed by atoms with van der Waals surface area (Å²) >= 11 is 0. The molecule has 0 saturated carbocycles. The number of nitriles is 1. The third-order valence-corrected chi connectivity index (χ3v) is 2.53. The quantitative estimate of drug-likeness (QED) is 0.917. The molecule has 1 aromatic heterocycles. The van der Waals surface area contributed by atoms with Crippen molar-refractivity contribution >= 4 is 5.97 Å². The van der Waals surface area contributed by atoms with Gasteiger partial charge in [-0.1, -0.05) is 0 Å². The van der Waals surface area contributed by atoms with Gasteiger partial charge in [-0.2, -0.15) is 5.26 Å². The van der Waals surface area contributed by atoms with Crippen LogP contribution >= 0.6 is 0 Å². The van der Waals surface area contributed by atoms with Crippen molar-refractivity contribution in [3.05, 3.63) is 47.8 Å². The van der Waals surface area contributed by atoms with E-state index in [1.165, 1.54) is 37.7 Å². The first-order valence-corrected chi connectivity index (χ1v) is 5.59. The summed E-state index contributed by atoms with van der Waals surface area (Å²) in [5.74, 6) is -0.371. The molecule has 0 atom stereocenters. The molecule has 20 heavy (non-hydrogen) atoms. The Bertz CT molecular complexity index is 692. The van der Waals surface area contributed by atoms with Gasteiger partial charge in [0.1, 0.15) is 5.56 Å². The number of aromatic carboxylic acids is 1. The van der Waals surface area contributed by atoms with E-state index in [0.29, 0.717) is 17.1 Å². The molecule has 2 aromatic rings. The molecule has 0 saturated heterocycles. The maximum absolute atomic E-state index is 11.1. The van der Waals surface area contributed by atoms with Gasteiger partial charge in [0, 0.05) is 12.3 Å². The van der Waals surface area contributed by atoms with Crippen LogP contribution in [0.1, 0.15) is 15.9 Å². The Hall–Kier alpha value is -3.07. The molecule has 2 rings (SSSR count). The Balaban J connectivity index is 2.40. The van der Waals surface area contributed by atoms with E-state index in [0.717, 1.165) is 0 Å². The van der Waals surface area contributed by atoms with Gasteiger partial charge >= 0.3 is 5.97 Å². The van der Waals surface area contributed by atoms with Gasteiger partial charge in [-0.15, -0.1) is 0 Å². The molecule has 100 valence electrons. The van der Waals surface area contributed by atoms with Gasteiger partial charge in [-0.3, -0.25) is 4.98 Å². The van der Waals surface area contributed by atoms with E-state index < -0.39 is 5.97 Å². The molecular formula is C14H10N2O4. The fraction of sp³-hybridized carbons (Fsp3) is 0.0714. The first kappa shape index (κ1) is 13.4. The zero-order chi connectivity index (χ0) is 14.5. The summed E-state index contributed by atoms with van der Waals surface area (Å²) < 4.78 is 10.6. The van der Waals surface area contributed by atoms with Crippen LogP contribution in [0, 0.1) is 11.3 Å². The lowest BCUT2D eigenvalue weighted by Crippen LogP contribution is -2.01.